The molecule has 2 aliphatic rings. The van der Waals surface area contributed by atoms with Crippen LogP contribution in [0, 0.1) is 17.8 Å². The summed E-state index contributed by atoms with van der Waals surface area (Å²) in [6.45, 7) is 8.32. The summed E-state index contributed by atoms with van der Waals surface area (Å²) in [6.07, 6.45) is 18.2. The van der Waals surface area contributed by atoms with Crippen LogP contribution in [0.3, 0.4) is 0 Å². The summed E-state index contributed by atoms with van der Waals surface area (Å²) in [6, 6.07) is 6.49. The summed E-state index contributed by atoms with van der Waals surface area (Å²) in [5.74, 6) is 1.88. The minimum absolute atomic E-state index is 0.0354. The van der Waals surface area contributed by atoms with E-state index in [0.29, 0.717) is 6.29 Å². The fourth-order valence-electron chi connectivity index (χ4n) is 5.95. The fourth-order valence-corrected chi connectivity index (χ4v) is 5.95. The highest BCUT2D eigenvalue weighted by atomic mass is 16.5. The van der Waals surface area contributed by atoms with Crippen LogP contribution in [0.1, 0.15) is 100 Å². The number of fused-ring (bicyclic) bond motifs is 1. The number of hydrogen-bond acceptors (Lipinski definition) is 6. The van der Waals surface area contributed by atoms with Gasteiger partial charge < -0.3 is 20.1 Å². The summed E-state index contributed by atoms with van der Waals surface area (Å²) in [5, 5.41) is 26.8. The number of carbonyl (C=O) groups is 2. The zero-order chi connectivity index (χ0) is 29.3. The van der Waals surface area contributed by atoms with Gasteiger partial charge in [0.05, 0.1) is 25.4 Å². The third-order valence-corrected chi connectivity index (χ3v) is 8.68. The minimum Gasteiger partial charge on any atom is -0.462 e. The van der Waals surface area contributed by atoms with Crippen molar-refractivity contribution >= 4 is 12.3 Å². The molecule has 2 atom stereocenters. The first kappa shape index (κ1) is 33.9. The van der Waals surface area contributed by atoms with E-state index in [1.54, 1.807) is 0 Å². The van der Waals surface area contributed by atoms with Crippen LogP contribution >= 0.6 is 0 Å². The number of aryl methyl sites for hydroxylation is 1. The minimum atomic E-state index is -0.605. The number of hydrogen-bond donors (Lipinski definition) is 3. The van der Waals surface area contributed by atoms with Gasteiger partial charge in [-0.1, -0.05) is 96.1 Å². The Morgan fingerprint density at radius 2 is 1.62 bits per heavy atom. The first-order valence-corrected chi connectivity index (χ1v) is 15.3. The quantitative estimate of drug-likeness (QED) is 0.108. The Hall–Kier alpha value is -2.28. The molecule has 1 aromatic carbocycles. The third kappa shape index (κ3) is 11.7. The van der Waals surface area contributed by atoms with Gasteiger partial charge in [0.1, 0.15) is 12.9 Å². The Balaban J connectivity index is 0.000000840. The van der Waals surface area contributed by atoms with Crippen molar-refractivity contribution in [2.75, 3.05) is 26.4 Å². The predicted octanol–water partition coefficient (Wildman–Crippen LogP) is 5.86. The summed E-state index contributed by atoms with van der Waals surface area (Å²) in [7, 11) is 0. The van der Waals surface area contributed by atoms with Crippen molar-refractivity contribution in [3.8, 4) is 0 Å². The highest BCUT2D eigenvalue weighted by Crippen LogP contribution is 2.37. The van der Waals surface area contributed by atoms with Crippen molar-refractivity contribution in [2.45, 2.75) is 96.3 Å². The Morgan fingerprint density at radius 3 is 2.20 bits per heavy atom. The van der Waals surface area contributed by atoms with E-state index in [-0.39, 0.29) is 36.9 Å². The lowest BCUT2D eigenvalue weighted by Gasteiger charge is -2.31. The molecule has 0 amide bonds. The van der Waals surface area contributed by atoms with Crippen LogP contribution in [-0.2, 0) is 27.2 Å². The Morgan fingerprint density at radius 1 is 0.950 bits per heavy atom. The van der Waals surface area contributed by atoms with E-state index >= 15 is 0 Å². The van der Waals surface area contributed by atoms with Gasteiger partial charge in [-0.05, 0) is 60.1 Å². The van der Waals surface area contributed by atoms with Crippen LogP contribution in [0.4, 0.5) is 0 Å². The van der Waals surface area contributed by atoms with Gasteiger partial charge in [0.25, 0.3) is 0 Å². The van der Waals surface area contributed by atoms with E-state index in [4.69, 9.17) is 14.9 Å². The monoisotopic (exact) mass is 556 g/mol. The van der Waals surface area contributed by atoms with Gasteiger partial charge in [-0.2, -0.15) is 0 Å². The SMILES string of the molecule is C=C(C=O)CO.C=C(CO)C(=O)OCC(CO)c1ccc2c(c1)CCC(CCC1CCC(CCCCC)CC1)C2. The smallest absolute Gasteiger partial charge is 0.335 e. The number of ether oxygens (including phenoxy) is 1. The normalized spacial score (nSPS) is 20.9. The molecule has 6 heteroatoms. The van der Waals surface area contributed by atoms with E-state index < -0.39 is 12.6 Å². The lowest BCUT2D eigenvalue weighted by molar-refractivity contribution is -0.140. The number of benzene rings is 1. The predicted molar refractivity (Wildman–Crippen MR) is 160 cm³/mol. The number of rotatable bonds is 15. The molecule has 0 heterocycles. The number of carbonyl (C=O) groups excluding carboxylic acids is 2. The molecule has 6 nitrogen and oxygen atoms in total. The van der Waals surface area contributed by atoms with E-state index in [1.807, 2.05) is 0 Å². The molecule has 0 spiro atoms. The first-order chi connectivity index (χ1) is 19.3. The van der Waals surface area contributed by atoms with Gasteiger partial charge >= 0.3 is 5.97 Å². The topological polar surface area (TPSA) is 104 Å². The van der Waals surface area contributed by atoms with Crippen molar-refractivity contribution in [1.82, 2.24) is 0 Å². The van der Waals surface area contributed by atoms with Crippen molar-refractivity contribution in [3.63, 3.8) is 0 Å². The average molecular weight is 557 g/mol. The van der Waals surface area contributed by atoms with E-state index in [0.717, 1.165) is 36.2 Å². The standard InChI is InChI=1S/C30H46O4.C4H6O2/c1-3-4-5-6-23-7-9-24(10-8-23)11-12-25-13-14-27-18-28(16-15-26(27)17-25)29(20-32)21-34-30(33)22(2)19-31;1-4(2-5)3-6/h15-16,18,23-25,29,31-32H,2-14,17,19-21H2,1H3;2,6H,1,3H2. The molecule has 0 aliphatic heterocycles. The van der Waals surface area contributed by atoms with Gasteiger partial charge in [-0.3, -0.25) is 4.79 Å². The molecular weight excluding hydrogens is 504 g/mol. The van der Waals surface area contributed by atoms with Crippen LogP contribution in [0.2, 0.25) is 0 Å². The maximum absolute atomic E-state index is 11.8. The summed E-state index contributed by atoms with van der Waals surface area (Å²) >= 11 is 0. The van der Waals surface area contributed by atoms with Crippen LogP contribution in [-0.4, -0.2) is 54.0 Å². The third-order valence-electron chi connectivity index (χ3n) is 8.68. The molecular formula is C34H52O6. The molecule has 2 aliphatic carbocycles. The molecule has 2 unspecified atom stereocenters. The van der Waals surface area contributed by atoms with Crippen molar-refractivity contribution in [2.24, 2.45) is 17.8 Å². The highest BCUT2D eigenvalue weighted by molar-refractivity contribution is 5.87. The van der Waals surface area contributed by atoms with Gasteiger partial charge in [0.15, 0.2) is 0 Å². The van der Waals surface area contributed by atoms with Crippen LogP contribution in [0.25, 0.3) is 0 Å². The molecule has 0 aromatic heterocycles. The maximum atomic E-state index is 11.8. The number of aldehydes is 1. The summed E-state index contributed by atoms with van der Waals surface area (Å²) in [4.78, 5) is 21.3. The second-order valence-electron chi connectivity index (χ2n) is 11.8. The largest absolute Gasteiger partial charge is 0.462 e. The number of aliphatic hydroxyl groups excluding tert-OH is 3. The van der Waals surface area contributed by atoms with Crippen LogP contribution in [0.15, 0.2) is 42.5 Å². The van der Waals surface area contributed by atoms with Crippen LogP contribution in [0.5, 0.6) is 0 Å². The lowest BCUT2D eigenvalue weighted by atomic mass is 9.75. The zero-order valence-corrected chi connectivity index (χ0v) is 24.6. The van der Waals surface area contributed by atoms with Crippen LogP contribution < -0.4 is 0 Å². The second-order valence-corrected chi connectivity index (χ2v) is 11.8. The Labute approximate surface area is 241 Å². The molecule has 0 saturated heterocycles. The van der Waals surface area contributed by atoms with Gasteiger partial charge in [-0.25, -0.2) is 4.79 Å². The molecule has 40 heavy (non-hydrogen) atoms. The number of aliphatic hydroxyl groups is 3. The molecule has 1 aromatic rings. The van der Waals surface area contributed by atoms with E-state index in [1.165, 1.54) is 81.8 Å². The van der Waals surface area contributed by atoms with Gasteiger partial charge in [0.2, 0.25) is 0 Å². The molecule has 0 bridgehead atoms. The van der Waals surface area contributed by atoms with E-state index in [2.05, 4.69) is 38.3 Å². The van der Waals surface area contributed by atoms with Crippen molar-refractivity contribution in [1.29, 1.82) is 0 Å². The maximum Gasteiger partial charge on any atom is 0.335 e. The van der Waals surface area contributed by atoms with Gasteiger partial charge in [-0.15, -0.1) is 0 Å². The van der Waals surface area contributed by atoms with Crippen molar-refractivity contribution < 1.29 is 29.6 Å². The highest BCUT2D eigenvalue weighted by Gasteiger charge is 2.25. The van der Waals surface area contributed by atoms with Crippen molar-refractivity contribution in [3.05, 3.63) is 59.2 Å². The zero-order valence-electron chi connectivity index (χ0n) is 24.6. The van der Waals surface area contributed by atoms with E-state index in [9.17, 15) is 14.7 Å². The molecule has 1 fully saturated rings. The molecule has 224 valence electrons. The average Bonchev–Trinajstić information content (AvgIpc) is 3.00. The molecule has 1 saturated carbocycles. The van der Waals surface area contributed by atoms with Gasteiger partial charge in [0, 0.05) is 11.5 Å². The molecule has 0 radical (unpaired) electrons. The lowest BCUT2D eigenvalue weighted by Crippen LogP contribution is -2.20. The molecule has 3 rings (SSSR count). The Bertz CT molecular complexity index is 930. The summed E-state index contributed by atoms with van der Waals surface area (Å²) in [5.41, 5.74) is 4.09. The fraction of sp³-hybridized carbons (Fsp3) is 0.647. The Kier molecular flexibility index (Phi) is 16.1. The molecule has 3 N–H and O–H groups in total. The number of unbranched alkanes of at least 4 members (excludes halogenated alkanes) is 2. The number of esters is 1. The summed E-state index contributed by atoms with van der Waals surface area (Å²) < 4.78 is 5.23. The second kappa shape index (κ2) is 19.0. The first-order valence-electron chi connectivity index (χ1n) is 15.3.